The molecule has 1 heterocycles. The lowest BCUT2D eigenvalue weighted by Gasteiger charge is -2.10. The van der Waals surface area contributed by atoms with Gasteiger partial charge in [-0.3, -0.25) is 14.2 Å². The number of carbonyl (C=O) groups excluding carboxylic acids is 1. The second kappa shape index (κ2) is 11.0. The monoisotopic (exact) mass is 436 g/mol. The number of ether oxygens (including phenoxy) is 1. The van der Waals surface area contributed by atoms with Crippen LogP contribution in [0.15, 0.2) is 48.5 Å². The number of benzene rings is 2. The second-order valence-corrected chi connectivity index (χ2v) is 8.44. The number of nitrogens with zero attached hydrogens (tertiary/aromatic N) is 2. The van der Waals surface area contributed by atoms with E-state index in [1.54, 1.807) is 28.8 Å². The molecule has 0 saturated heterocycles. The van der Waals surface area contributed by atoms with Crippen molar-refractivity contribution in [3.8, 4) is 5.75 Å². The number of carbonyl (C=O) groups is 2. The van der Waals surface area contributed by atoms with Gasteiger partial charge < -0.3 is 14.7 Å². The second-order valence-electron chi connectivity index (χ2n) is 8.44. The van der Waals surface area contributed by atoms with E-state index in [-0.39, 0.29) is 12.3 Å². The van der Waals surface area contributed by atoms with E-state index in [0.29, 0.717) is 17.7 Å². The number of aromatic nitrogens is 1. The first-order valence-corrected chi connectivity index (χ1v) is 11.1. The molecule has 3 rings (SSSR count). The number of unbranched alkanes of at least 4 members (excludes halogenated alkanes) is 3. The van der Waals surface area contributed by atoms with E-state index >= 15 is 0 Å². The molecule has 0 unspecified atom stereocenters. The van der Waals surface area contributed by atoms with Gasteiger partial charge in [-0.2, -0.15) is 0 Å². The predicted octanol–water partition coefficient (Wildman–Crippen LogP) is 4.77. The number of carboxylic acid groups (broad SMARTS) is 1. The molecule has 0 bridgehead atoms. The molecule has 0 radical (unpaired) electrons. The lowest BCUT2D eigenvalue weighted by Crippen LogP contribution is -2.13. The Bertz CT molecular complexity index is 1070. The minimum absolute atomic E-state index is 0.0727. The van der Waals surface area contributed by atoms with Crippen molar-refractivity contribution in [3.63, 3.8) is 0 Å². The third-order valence-electron chi connectivity index (χ3n) is 5.53. The maximum atomic E-state index is 13.2. The number of rotatable bonds is 11. The Hall–Kier alpha value is -3.12. The SMILES string of the molecule is Cc1cc2c(CC(=O)O)cccc2n1C(=O)c1ccc(OCCCCCCN(C)C)cc1. The Morgan fingerprint density at radius 3 is 2.41 bits per heavy atom. The zero-order valence-electron chi connectivity index (χ0n) is 19.1. The molecule has 0 atom stereocenters. The van der Waals surface area contributed by atoms with Crippen LogP contribution in [0.5, 0.6) is 5.75 Å². The highest BCUT2D eigenvalue weighted by molar-refractivity contribution is 6.04. The van der Waals surface area contributed by atoms with E-state index in [0.717, 1.165) is 41.7 Å². The molecule has 6 heteroatoms. The van der Waals surface area contributed by atoms with Crippen molar-refractivity contribution in [2.24, 2.45) is 0 Å². The zero-order valence-corrected chi connectivity index (χ0v) is 19.1. The van der Waals surface area contributed by atoms with Gasteiger partial charge in [0.1, 0.15) is 5.75 Å². The molecule has 1 N–H and O–H groups in total. The topological polar surface area (TPSA) is 71.8 Å². The van der Waals surface area contributed by atoms with Crippen LogP contribution in [-0.2, 0) is 11.2 Å². The Balaban J connectivity index is 1.63. The molecule has 0 aliphatic rings. The summed E-state index contributed by atoms with van der Waals surface area (Å²) in [4.78, 5) is 26.6. The normalized spacial score (nSPS) is 11.2. The van der Waals surface area contributed by atoms with Gasteiger partial charge in [0.15, 0.2) is 0 Å². The van der Waals surface area contributed by atoms with E-state index in [4.69, 9.17) is 9.84 Å². The minimum Gasteiger partial charge on any atom is -0.494 e. The van der Waals surface area contributed by atoms with Crippen molar-refractivity contribution in [3.05, 3.63) is 65.4 Å². The Morgan fingerprint density at radius 1 is 1.00 bits per heavy atom. The number of fused-ring (bicyclic) bond motifs is 1. The van der Waals surface area contributed by atoms with E-state index in [1.807, 2.05) is 31.2 Å². The summed E-state index contributed by atoms with van der Waals surface area (Å²) < 4.78 is 7.46. The fourth-order valence-corrected chi connectivity index (χ4v) is 3.91. The first kappa shape index (κ1) is 23.5. The molecule has 0 saturated carbocycles. The Labute approximate surface area is 189 Å². The summed E-state index contributed by atoms with van der Waals surface area (Å²) in [6.07, 6.45) is 4.49. The van der Waals surface area contributed by atoms with Gasteiger partial charge in [-0.15, -0.1) is 0 Å². The van der Waals surface area contributed by atoms with E-state index in [1.165, 1.54) is 12.8 Å². The predicted molar refractivity (Wildman–Crippen MR) is 127 cm³/mol. The minimum atomic E-state index is -0.890. The molecule has 170 valence electrons. The van der Waals surface area contributed by atoms with Gasteiger partial charge in [-0.05, 0) is 82.4 Å². The summed E-state index contributed by atoms with van der Waals surface area (Å²) in [7, 11) is 4.18. The molecule has 2 aromatic carbocycles. The molecule has 3 aromatic rings. The van der Waals surface area contributed by atoms with Crippen LogP contribution in [0.25, 0.3) is 10.9 Å². The van der Waals surface area contributed by atoms with Gasteiger partial charge in [-0.1, -0.05) is 25.0 Å². The van der Waals surface area contributed by atoms with Crippen molar-refractivity contribution < 1.29 is 19.4 Å². The highest BCUT2D eigenvalue weighted by Gasteiger charge is 2.17. The summed E-state index contributed by atoms with van der Waals surface area (Å²) in [6.45, 7) is 3.65. The third-order valence-corrected chi connectivity index (χ3v) is 5.53. The maximum absolute atomic E-state index is 13.2. The standard InChI is InChI=1S/C26H32N2O4/c1-19-17-23-21(18-25(29)30)9-8-10-24(23)28(19)26(31)20-11-13-22(14-12-20)32-16-7-5-4-6-15-27(2)3/h8-14,17H,4-7,15-16,18H2,1-3H3,(H,29,30). The maximum Gasteiger partial charge on any atom is 0.307 e. The first-order valence-electron chi connectivity index (χ1n) is 11.1. The smallest absolute Gasteiger partial charge is 0.307 e. The molecule has 0 amide bonds. The van der Waals surface area contributed by atoms with Crippen LogP contribution in [0, 0.1) is 6.92 Å². The van der Waals surface area contributed by atoms with Gasteiger partial charge in [0.25, 0.3) is 5.91 Å². The molecule has 1 aromatic heterocycles. The third kappa shape index (κ3) is 5.98. The molecule has 0 fully saturated rings. The van der Waals surface area contributed by atoms with Crippen molar-refractivity contribution in [2.75, 3.05) is 27.2 Å². The number of aryl methyl sites for hydroxylation is 1. The van der Waals surface area contributed by atoms with Crippen LogP contribution in [0.2, 0.25) is 0 Å². The van der Waals surface area contributed by atoms with Crippen molar-refractivity contribution in [1.29, 1.82) is 0 Å². The molecular weight excluding hydrogens is 404 g/mol. The summed E-state index contributed by atoms with van der Waals surface area (Å²) in [5.41, 5.74) is 2.76. The van der Waals surface area contributed by atoms with E-state index in [2.05, 4.69) is 19.0 Å². The first-order chi connectivity index (χ1) is 15.4. The Kier molecular flexibility index (Phi) is 8.06. The molecular formula is C26H32N2O4. The number of hydrogen-bond acceptors (Lipinski definition) is 4. The Morgan fingerprint density at radius 2 is 1.72 bits per heavy atom. The van der Waals surface area contributed by atoms with Gasteiger partial charge >= 0.3 is 5.97 Å². The van der Waals surface area contributed by atoms with Crippen molar-refractivity contribution >= 4 is 22.8 Å². The van der Waals surface area contributed by atoms with Gasteiger partial charge in [0.2, 0.25) is 0 Å². The van der Waals surface area contributed by atoms with Crippen LogP contribution in [0.1, 0.15) is 47.3 Å². The highest BCUT2D eigenvalue weighted by Crippen LogP contribution is 2.25. The quantitative estimate of drug-likeness (QED) is 0.439. The van der Waals surface area contributed by atoms with E-state index in [9.17, 15) is 9.59 Å². The van der Waals surface area contributed by atoms with Crippen LogP contribution in [0.4, 0.5) is 0 Å². The fraction of sp³-hybridized carbons (Fsp3) is 0.385. The van der Waals surface area contributed by atoms with Gasteiger partial charge in [0.05, 0.1) is 18.5 Å². The molecule has 6 nitrogen and oxygen atoms in total. The van der Waals surface area contributed by atoms with Crippen LogP contribution in [0.3, 0.4) is 0 Å². The van der Waals surface area contributed by atoms with Crippen LogP contribution >= 0.6 is 0 Å². The largest absolute Gasteiger partial charge is 0.494 e. The number of aliphatic carboxylic acids is 1. The molecule has 0 aliphatic carbocycles. The van der Waals surface area contributed by atoms with Gasteiger partial charge in [0, 0.05) is 16.6 Å². The lowest BCUT2D eigenvalue weighted by molar-refractivity contribution is -0.136. The zero-order chi connectivity index (χ0) is 23.1. The molecule has 32 heavy (non-hydrogen) atoms. The summed E-state index contributed by atoms with van der Waals surface area (Å²) in [5.74, 6) is -0.275. The fourth-order valence-electron chi connectivity index (χ4n) is 3.91. The summed E-state index contributed by atoms with van der Waals surface area (Å²) in [6, 6.07) is 14.5. The highest BCUT2D eigenvalue weighted by atomic mass is 16.5. The van der Waals surface area contributed by atoms with E-state index < -0.39 is 5.97 Å². The lowest BCUT2D eigenvalue weighted by atomic mass is 10.1. The van der Waals surface area contributed by atoms with Crippen LogP contribution in [-0.4, -0.2) is 53.7 Å². The van der Waals surface area contributed by atoms with Crippen molar-refractivity contribution in [2.45, 2.75) is 39.0 Å². The average molecular weight is 437 g/mol. The van der Waals surface area contributed by atoms with Crippen molar-refractivity contribution in [1.82, 2.24) is 9.47 Å². The summed E-state index contributed by atoms with van der Waals surface area (Å²) >= 11 is 0. The molecule has 0 spiro atoms. The summed E-state index contributed by atoms with van der Waals surface area (Å²) in [5, 5.41) is 9.96. The number of carboxylic acids is 1. The molecule has 0 aliphatic heterocycles. The van der Waals surface area contributed by atoms with Crippen LogP contribution < -0.4 is 4.74 Å². The van der Waals surface area contributed by atoms with Gasteiger partial charge in [-0.25, -0.2) is 0 Å². The average Bonchev–Trinajstić information content (AvgIpc) is 3.09. The number of hydrogen-bond donors (Lipinski definition) is 1.